The van der Waals surface area contributed by atoms with Gasteiger partial charge in [-0.15, -0.1) is 35.3 Å². The summed E-state index contributed by atoms with van der Waals surface area (Å²) >= 11 is 1.46. The number of nitrogens with one attached hydrogen (secondary N) is 2. The zero-order valence-electron chi connectivity index (χ0n) is 14.8. The average Bonchev–Trinajstić information content (AvgIpc) is 2.92. The molecule has 0 aliphatic rings. The number of methoxy groups -OCH3 is 1. The summed E-state index contributed by atoms with van der Waals surface area (Å²) in [7, 11) is -1.92. The molecule has 0 saturated carbocycles. The van der Waals surface area contributed by atoms with Crippen molar-refractivity contribution in [2.24, 2.45) is 10.7 Å². The van der Waals surface area contributed by atoms with Crippen LogP contribution in [0.2, 0.25) is 0 Å². The Kier molecular flexibility index (Phi) is 8.80. The molecule has 0 aliphatic heterocycles. The molecule has 1 heterocycles. The fraction of sp³-hybridized carbons (Fsp3) is 0.312. The quantitative estimate of drug-likeness (QED) is 0.230. The largest absolute Gasteiger partial charge is 0.497 e. The number of aryl methyl sites for hydroxylation is 2. The molecule has 0 spiro atoms. The minimum atomic E-state index is -3.52. The monoisotopic (exact) mass is 510 g/mol. The molecule has 7 nitrogen and oxygen atoms in total. The first-order valence-corrected chi connectivity index (χ1v) is 9.89. The number of aliphatic imine (C=N–C) groups is 1. The predicted molar refractivity (Wildman–Crippen MR) is 118 cm³/mol. The van der Waals surface area contributed by atoms with E-state index in [1.165, 1.54) is 11.3 Å². The van der Waals surface area contributed by atoms with E-state index < -0.39 is 10.0 Å². The van der Waals surface area contributed by atoms with Crippen LogP contribution in [0.4, 0.5) is 5.69 Å². The maximum atomic E-state index is 12.3. The number of sulfonamides is 1. The summed E-state index contributed by atoms with van der Waals surface area (Å²) in [6, 6.07) is 8.90. The van der Waals surface area contributed by atoms with Gasteiger partial charge in [-0.3, -0.25) is 4.99 Å². The second-order valence-electron chi connectivity index (χ2n) is 5.30. The first-order valence-electron chi connectivity index (χ1n) is 7.59. The summed E-state index contributed by atoms with van der Waals surface area (Å²) in [5, 5.41) is 2.93. The van der Waals surface area contributed by atoms with E-state index in [0.717, 1.165) is 21.2 Å². The van der Waals surface area contributed by atoms with Gasteiger partial charge in [-0.2, -0.15) is 0 Å². The Labute approximate surface area is 175 Å². The normalized spacial score (nSPS) is 11.7. The Morgan fingerprint density at radius 3 is 2.46 bits per heavy atom. The molecule has 2 aromatic rings. The van der Waals surface area contributed by atoms with E-state index in [9.17, 15) is 8.42 Å². The third kappa shape index (κ3) is 6.41. The Hall–Kier alpha value is -1.37. The number of anilines is 1. The van der Waals surface area contributed by atoms with Gasteiger partial charge in [0.25, 0.3) is 0 Å². The van der Waals surface area contributed by atoms with E-state index in [-0.39, 0.29) is 43.0 Å². The number of benzene rings is 1. The van der Waals surface area contributed by atoms with Crippen LogP contribution in [0.1, 0.15) is 9.75 Å². The maximum Gasteiger partial charge on any atom is 0.241 e. The molecule has 0 amide bonds. The zero-order chi connectivity index (χ0) is 18.4. The van der Waals surface area contributed by atoms with Gasteiger partial charge in [0.15, 0.2) is 5.96 Å². The number of rotatable bonds is 7. The highest BCUT2D eigenvalue weighted by Crippen LogP contribution is 2.24. The van der Waals surface area contributed by atoms with Crippen molar-refractivity contribution in [3.05, 3.63) is 40.1 Å². The molecule has 0 atom stereocenters. The smallest absolute Gasteiger partial charge is 0.241 e. The van der Waals surface area contributed by atoms with Crippen molar-refractivity contribution in [3.63, 3.8) is 0 Å². The van der Waals surface area contributed by atoms with Gasteiger partial charge in [-0.05, 0) is 44.2 Å². The fourth-order valence-electron chi connectivity index (χ4n) is 2.17. The molecule has 0 saturated heterocycles. The number of nitrogens with zero attached hydrogens (tertiary/aromatic N) is 1. The van der Waals surface area contributed by atoms with Gasteiger partial charge in [0.05, 0.1) is 18.6 Å². The van der Waals surface area contributed by atoms with Crippen LogP contribution in [0.3, 0.4) is 0 Å². The number of nitrogens with two attached hydrogens (primary N) is 1. The molecule has 10 heteroatoms. The second kappa shape index (κ2) is 10.1. The molecule has 0 fully saturated rings. The lowest BCUT2D eigenvalue weighted by molar-refractivity contribution is 0.415. The first-order chi connectivity index (χ1) is 11.8. The summed E-state index contributed by atoms with van der Waals surface area (Å²) < 4.78 is 32.1. The van der Waals surface area contributed by atoms with Crippen molar-refractivity contribution >= 4 is 57.0 Å². The molecular weight excluding hydrogens is 487 g/mol. The number of thiophene rings is 1. The lowest BCUT2D eigenvalue weighted by Crippen LogP contribution is -2.28. The first kappa shape index (κ1) is 22.7. The minimum Gasteiger partial charge on any atom is -0.497 e. The van der Waals surface area contributed by atoms with E-state index in [1.807, 2.05) is 19.1 Å². The van der Waals surface area contributed by atoms with Crippen LogP contribution in [-0.4, -0.2) is 34.6 Å². The third-order valence-electron chi connectivity index (χ3n) is 3.33. The lowest BCUT2D eigenvalue weighted by atomic mass is 10.3. The van der Waals surface area contributed by atoms with Crippen molar-refractivity contribution in [1.29, 1.82) is 0 Å². The van der Waals surface area contributed by atoms with Crippen molar-refractivity contribution in [1.82, 2.24) is 4.72 Å². The summed E-state index contributed by atoms with van der Waals surface area (Å²) in [5.74, 6) is 0.960. The van der Waals surface area contributed by atoms with Crippen LogP contribution < -0.4 is 20.5 Å². The third-order valence-corrected chi connectivity index (χ3v) is 6.02. The predicted octanol–water partition coefficient (Wildman–Crippen LogP) is 2.70. The summed E-state index contributed by atoms with van der Waals surface area (Å²) in [4.78, 5) is 6.17. The van der Waals surface area contributed by atoms with Gasteiger partial charge in [0.2, 0.25) is 10.0 Å². The van der Waals surface area contributed by atoms with Gasteiger partial charge in [0, 0.05) is 22.0 Å². The number of halogens is 1. The van der Waals surface area contributed by atoms with Gasteiger partial charge in [0.1, 0.15) is 5.75 Å². The zero-order valence-corrected chi connectivity index (χ0v) is 18.7. The molecule has 144 valence electrons. The molecule has 1 aromatic heterocycles. The highest BCUT2D eigenvalue weighted by atomic mass is 127. The molecule has 0 unspecified atom stereocenters. The molecule has 1 aromatic carbocycles. The van der Waals surface area contributed by atoms with E-state index in [4.69, 9.17) is 10.5 Å². The molecule has 0 radical (unpaired) electrons. The van der Waals surface area contributed by atoms with E-state index in [0.29, 0.717) is 4.90 Å². The Morgan fingerprint density at radius 1 is 1.27 bits per heavy atom. The van der Waals surface area contributed by atoms with E-state index >= 15 is 0 Å². The van der Waals surface area contributed by atoms with Crippen LogP contribution in [0.15, 0.2) is 40.2 Å². The van der Waals surface area contributed by atoms with Crippen LogP contribution in [0, 0.1) is 13.8 Å². The highest BCUT2D eigenvalue weighted by molar-refractivity contribution is 14.0. The van der Waals surface area contributed by atoms with Gasteiger partial charge >= 0.3 is 0 Å². The van der Waals surface area contributed by atoms with Crippen LogP contribution in [0.25, 0.3) is 0 Å². The van der Waals surface area contributed by atoms with Crippen molar-refractivity contribution < 1.29 is 13.2 Å². The fourth-order valence-corrected chi connectivity index (χ4v) is 4.74. The Balaban J connectivity index is 0.00000338. The number of hydrogen-bond donors (Lipinski definition) is 3. The lowest BCUT2D eigenvalue weighted by Gasteiger charge is -2.07. The molecule has 2 rings (SSSR count). The standard InChI is InChI=1S/C16H22N4O3S2.HI/c1-11-10-15(12(2)24-11)25(21,22)19-9-8-18-16(17)20-13-4-6-14(23-3)7-5-13;/h4-7,10,19H,8-9H2,1-3H3,(H3,17,18,20);1H. The SMILES string of the molecule is COc1ccc(NC(N)=NCCNS(=O)(=O)c2cc(C)sc2C)cc1.I. The molecule has 0 bridgehead atoms. The van der Waals surface area contributed by atoms with Crippen LogP contribution in [0.5, 0.6) is 5.75 Å². The van der Waals surface area contributed by atoms with Gasteiger partial charge in [-0.25, -0.2) is 13.1 Å². The Bertz CT molecular complexity index is 849. The molecular formula is C16H23IN4O3S2. The van der Waals surface area contributed by atoms with Crippen molar-refractivity contribution in [3.8, 4) is 5.75 Å². The minimum absolute atomic E-state index is 0. The summed E-state index contributed by atoms with van der Waals surface area (Å²) in [6.07, 6.45) is 0. The molecule has 0 aliphatic carbocycles. The van der Waals surface area contributed by atoms with Crippen LogP contribution >= 0.6 is 35.3 Å². The van der Waals surface area contributed by atoms with Crippen LogP contribution in [-0.2, 0) is 10.0 Å². The van der Waals surface area contributed by atoms with E-state index in [1.54, 1.807) is 32.2 Å². The number of hydrogen-bond acceptors (Lipinski definition) is 5. The molecule has 4 N–H and O–H groups in total. The maximum absolute atomic E-state index is 12.3. The Morgan fingerprint density at radius 2 is 1.92 bits per heavy atom. The molecule has 26 heavy (non-hydrogen) atoms. The van der Waals surface area contributed by atoms with Gasteiger partial charge < -0.3 is 15.8 Å². The topological polar surface area (TPSA) is 106 Å². The van der Waals surface area contributed by atoms with Crippen molar-refractivity contribution in [2.75, 3.05) is 25.5 Å². The second-order valence-corrected chi connectivity index (χ2v) is 8.49. The highest BCUT2D eigenvalue weighted by Gasteiger charge is 2.18. The summed E-state index contributed by atoms with van der Waals surface area (Å²) in [6.45, 7) is 4.08. The number of guanidine groups is 1. The number of ether oxygens (including phenoxy) is 1. The van der Waals surface area contributed by atoms with Crippen molar-refractivity contribution in [2.45, 2.75) is 18.7 Å². The summed E-state index contributed by atoms with van der Waals surface area (Å²) in [5.41, 5.74) is 6.57. The van der Waals surface area contributed by atoms with E-state index in [2.05, 4.69) is 15.0 Å². The van der Waals surface area contributed by atoms with Gasteiger partial charge in [-0.1, -0.05) is 0 Å². The average molecular weight is 510 g/mol.